The number of rotatable bonds is 43. The summed E-state index contributed by atoms with van der Waals surface area (Å²) in [6.45, 7) is 19.5. The van der Waals surface area contributed by atoms with Crippen LogP contribution >= 0.6 is 0 Å². The maximum absolute atomic E-state index is 13.0. The topological polar surface area (TPSA) is 215 Å². The fourth-order valence-corrected chi connectivity index (χ4v) is 10.5. The van der Waals surface area contributed by atoms with Crippen LogP contribution in [0.25, 0.3) is 0 Å². The monoisotopic (exact) mass is 1140 g/mol. The predicted molar refractivity (Wildman–Crippen MR) is 312 cm³/mol. The third-order valence-electron chi connectivity index (χ3n) is 15.4. The van der Waals surface area contributed by atoms with Crippen LogP contribution in [0.5, 0.6) is 0 Å². The van der Waals surface area contributed by atoms with E-state index in [4.69, 9.17) is 49.0 Å². The number of alkyl halides is 2. The van der Waals surface area contributed by atoms with Crippen molar-refractivity contribution in [1.82, 2.24) is 25.3 Å². The van der Waals surface area contributed by atoms with Crippen molar-refractivity contribution >= 4 is 23.9 Å². The van der Waals surface area contributed by atoms with Crippen LogP contribution in [-0.4, -0.2) is 203 Å². The van der Waals surface area contributed by atoms with Crippen molar-refractivity contribution in [3.8, 4) is 0 Å². The van der Waals surface area contributed by atoms with Crippen LogP contribution in [0.3, 0.4) is 0 Å². The number of piperidine rings is 1. The number of nitrogens with zero attached hydrogens (tertiary/aromatic N) is 3. The Balaban J connectivity index is 0.00000151. The van der Waals surface area contributed by atoms with Gasteiger partial charge in [-0.3, -0.25) is 15.6 Å². The summed E-state index contributed by atoms with van der Waals surface area (Å²) in [4.78, 5) is 29.6. The van der Waals surface area contributed by atoms with Crippen molar-refractivity contribution in [2.24, 2.45) is 23.0 Å². The fourth-order valence-electron chi connectivity index (χ4n) is 10.5. The molecule has 0 aromatic heterocycles. The van der Waals surface area contributed by atoms with Gasteiger partial charge in [0.05, 0.1) is 117 Å². The number of aldehydes is 1. The molecule has 1 aliphatic heterocycles. The number of hydrogen-bond donors (Lipinski definition) is 5. The molecular weight excluding hydrogens is 1030 g/mol. The van der Waals surface area contributed by atoms with Crippen LogP contribution in [0.15, 0.2) is 42.2 Å². The molecule has 3 aliphatic rings. The van der Waals surface area contributed by atoms with Crippen molar-refractivity contribution in [2.75, 3.05) is 146 Å². The Labute approximate surface area is 479 Å². The van der Waals surface area contributed by atoms with E-state index in [0.717, 1.165) is 96.7 Å². The van der Waals surface area contributed by atoms with Crippen LogP contribution < -0.4 is 16.4 Å². The first-order valence-corrected chi connectivity index (χ1v) is 29.9. The van der Waals surface area contributed by atoms with Crippen LogP contribution in [0, 0.1) is 28.1 Å². The second kappa shape index (κ2) is 42.2. The summed E-state index contributed by atoms with van der Waals surface area (Å²) < 4.78 is 69.2. The molecule has 1 spiro atoms. The van der Waals surface area contributed by atoms with Crippen LogP contribution in [0.4, 0.5) is 8.78 Å². The first-order chi connectivity index (χ1) is 38.7. The van der Waals surface area contributed by atoms with E-state index >= 15 is 0 Å². The maximum Gasteiger partial charge on any atom is 0.248 e. The summed E-state index contributed by atoms with van der Waals surface area (Å²) in [5, 5.41) is 24.6. The molecule has 18 nitrogen and oxygen atoms in total. The van der Waals surface area contributed by atoms with Crippen molar-refractivity contribution in [2.45, 2.75) is 148 Å². The molecular formula is C60H106F2N8O10. The number of nitrogens with two attached hydrogens (primary N) is 1. The minimum atomic E-state index is -2.50. The van der Waals surface area contributed by atoms with Crippen molar-refractivity contribution in [3.05, 3.63) is 47.8 Å². The van der Waals surface area contributed by atoms with E-state index in [2.05, 4.69) is 73.7 Å². The summed E-state index contributed by atoms with van der Waals surface area (Å²) in [5.74, 6) is -1.28. The highest BCUT2D eigenvalue weighted by Crippen LogP contribution is 2.53. The number of benzene rings is 1. The van der Waals surface area contributed by atoms with Crippen LogP contribution in [-0.2, 0) is 47.5 Å². The first kappa shape index (κ1) is 70.6. The molecule has 1 aromatic carbocycles. The largest absolute Gasteiger partial charge is 0.399 e. The Morgan fingerprint density at radius 2 is 1.32 bits per heavy atom. The fraction of sp³-hybridized carbons (Fsp3) is 0.800. The normalized spacial score (nSPS) is 17.6. The van der Waals surface area contributed by atoms with Gasteiger partial charge in [-0.25, -0.2) is 8.78 Å². The minimum Gasteiger partial charge on any atom is -0.399 e. The van der Waals surface area contributed by atoms with Gasteiger partial charge in [-0.05, 0) is 110 Å². The van der Waals surface area contributed by atoms with Gasteiger partial charge in [0.2, 0.25) is 11.8 Å². The minimum absolute atomic E-state index is 0.0649. The van der Waals surface area contributed by atoms with Crippen LogP contribution in [0.2, 0.25) is 0 Å². The highest BCUT2D eigenvalue weighted by molar-refractivity contribution is 5.98. The lowest BCUT2D eigenvalue weighted by Crippen LogP contribution is -2.55. The number of carbonyl (C=O) groups excluding carboxylic acids is 2. The SMILES string of the molecule is CCCCOCCOCCOCCOCCN/C=C(\N)COCCOCCOCCOCCC(=O)N1CCC2(CC1)CC(C(=N)N(C(C)=N)C(C)CC(CCC)N(C)CCC(NC)c1ccccc1)C2.O=CC1CCC(F)(F)CC1. The van der Waals surface area contributed by atoms with Crippen LogP contribution in [0.1, 0.15) is 136 Å². The zero-order chi connectivity index (χ0) is 58.3. The van der Waals surface area contributed by atoms with E-state index < -0.39 is 5.92 Å². The Hall–Kier alpha value is -3.70. The molecule has 1 heterocycles. The summed E-state index contributed by atoms with van der Waals surface area (Å²) in [6.07, 6.45) is 13.6. The summed E-state index contributed by atoms with van der Waals surface area (Å²) in [6, 6.07) is 11.4. The molecule has 4 rings (SSSR count). The molecule has 1 saturated heterocycles. The molecule has 3 fully saturated rings. The quantitative estimate of drug-likeness (QED) is 0.0180. The molecule has 1 aromatic rings. The Kier molecular flexibility index (Phi) is 37.2. The highest BCUT2D eigenvalue weighted by Gasteiger charge is 2.49. The molecule has 0 bridgehead atoms. The van der Waals surface area contributed by atoms with Gasteiger partial charge in [-0.2, -0.15) is 0 Å². The number of ether oxygens (including phenoxy) is 8. The number of carbonyl (C=O) groups is 2. The number of unbranched alkanes of at least 4 members (excludes halogenated alkanes) is 1. The molecule has 20 heteroatoms. The second-order valence-corrected chi connectivity index (χ2v) is 21.8. The summed E-state index contributed by atoms with van der Waals surface area (Å²) >= 11 is 0. The van der Waals surface area contributed by atoms with E-state index in [1.54, 1.807) is 6.20 Å². The van der Waals surface area contributed by atoms with Gasteiger partial charge in [0.25, 0.3) is 0 Å². The number of hydrogen-bond acceptors (Lipinski definition) is 16. The van der Waals surface area contributed by atoms with Gasteiger partial charge in [0.1, 0.15) is 12.1 Å². The Morgan fingerprint density at radius 3 is 1.85 bits per heavy atom. The molecule has 1 amide bonds. The summed E-state index contributed by atoms with van der Waals surface area (Å²) in [5.41, 5.74) is 8.09. The first-order valence-electron chi connectivity index (χ1n) is 29.9. The lowest BCUT2D eigenvalue weighted by atomic mass is 9.57. The highest BCUT2D eigenvalue weighted by atomic mass is 19.3. The van der Waals surface area contributed by atoms with E-state index in [1.165, 1.54) is 5.56 Å². The van der Waals surface area contributed by atoms with Crippen molar-refractivity contribution < 1.29 is 56.3 Å². The standard InChI is InChI=1S/C53H96N8O9.C7H10F2O/c1-7-9-24-63-27-30-66-33-34-68-32-29-65-26-20-58-42-48(55)43-70-38-37-69-36-35-67-31-28-64-25-17-51(62)60-22-18-53(19-23-60)40-47(41-53)52(56)61(45(4)54)44(3)39-49(13-8-2)59(6)21-16-50(57-5)46-14-11-10-12-15-46;8-7(9)3-1-6(5-10)2-4-7/h10-12,14-15,42,44,47,49-50,54,56-58H,7-9,13,16-41,43,55H2,1-6H3;5-6H,1-4H2/b48-42-,54-45?,56-52?;. The Morgan fingerprint density at radius 1 is 0.787 bits per heavy atom. The molecule has 6 N–H and O–H groups in total. The van der Waals surface area contributed by atoms with Gasteiger partial charge >= 0.3 is 0 Å². The molecule has 2 aliphatic carbocycles. The Bertz CT molecular complexity index is 1820. The lowest BCUT2D eigenvalue weighted by Gasteiger charge is -2.53. The molecule has 3 unspecified atom stereocenters. The van der Waals surface area contributed by atoms with Crippen molar-refractivity contribution in [1.29, 1.82) is 10.8 Å². The molecule has 80 heavy (non-hydrogen) atoms. The second-order valence-electron chi connectivity index (χ2n) is 21.8. The smallest absolute Gasteiger partial charge is 0.248 e. The van der Waals surface area contributed by atoms with E-state index in [1.807, 2.05) is 23.8 Å². The third-order valence-corrected chi connectivity index (χ3v) is 15.4. The average Bonchev–Trinajstić information content (AvgIpc) is 3.61. The number of nitrogens with one attached hydrogen (secondary N) is 4. The number of halogens is 2. The van der Waals surface area contributed by atoms with Gasteiger partial charge in [-0.1, -0.05) is 57.0 Å². The van der Waals surface area contributed by atoms with Gasteiger partial charge in [0.15, 0.2) is 0 Å². The maximum atomic E-state index is 13.0. The average molecular weight is 1140 g/mol. The van der Waals surface area contributed by atoms with Crippen molar-refractivity contribution in [3.63, 3.8) is 0 Å². The number of amidine groups is 2. The molecule has 2 saturated carbocycles. The third kappa shape index (κ3) is 29.5. The van der Waals surface area contributed by atoms with Gasteiger partial charge in [0, 0.05) is 75.2 Å². The number of amides is 1. The molecule has 0 radical (unpaired) electrons. The summed E-state index contributed by atoms with van der Waals surface area (Å²) in [7, 11) is 4.27. The zero-order valence-corrected chi connectivity index (χ0v) is 49.9. The zero-order valence-electron chi connectivity index (χ0n) is 49.9. The predicted octanol–water partition coefficient (Wildman–Crippen LogP) is 8.24. The lowest BCUT2D eigenvalue weighted by molar-refractivity contribution is -0.136. The van der Waals surface area contributed by atoms with Gasteiger partial charge < -0.3 is 73.8 Å². The van der Waals surface area contributed by atoms with Gasteiger partial charge in [-0.15, -0.1) is 0 Å². The van der Waals surface area contributed by atoms with E-state index in [-0.39, 0.29) is 42.0 Å². The van der Waals surface area contributed by atoms with E-state index in [0.29, 0.717) is 154 Å². The molecule has 3 atom stereocenters. The molecule has 460 valence electrons. The number of likely N-dealkylation sites (tertiary alicyclic amines) is 1. The van der Waals surface area contributed by atoms with E-state index in [9.17, 15) is 23.8 Å².